The van der Waals surface area contributed by atoms with E-state index in [1.807, 2.05) is 0 Å². The van der Waals surface area contributed by atoms with Crippen molar-refractivity contribution in [3.8, 4) is 0 Å². The van der Waals surface area contributed by atoms with Gasteiger partial charge >= 0.3 is 5.97 Å². The normalized spacial score (nSPS) is 12.2. The Kier molecular flexibility index (Phi) is 25.2. The van der Waals surface area contributed by atoms with E-state index >= 15 is 0 Å². The average molecular weight is 441 g/mol. The molecule has 0 amide bonds. The van der Waals surface area contributed by atoms with E-state index in [-0.39, 0.29) is 0 Å². The lowest BCUT2D eigenvalue weighted by Crippen LogP contribution is -2.21. The van der Waals surface area contributed by atoms with Gasteiger partial charge in [-0.05, 0) is 6.42 Å². The number of aliphatic hydroxyl groups excluding tert-OH is 1. The number of carbonyl (C=O) groups is 1. The van der Waals surface area contributed by atoms with Crippen LogP contribution < -0.4 is 0 Å². The van der Waals surface area contributed by atoms with E-state index in [0.29, 0.717) is 6.42 Å². The number of carbonyl (C=O) groups excluding carboxylic acids is 1. The van der Waals surface area contributed by atoms with Crippen LogP contribution in [-0.4, -0.2) is 24.3 Å². The average Bonchev–Trinajstić information content (AvgIpc) is 2.78. The highest BCUT2D eigenvalue weighted by Crippen LogP contribution is 2.15. The Bertz CT molecular complexity index is 356. The van der Waals surface area contributed by atoms with Gasteiger partial charge in [-0.1, -0.05) is 155 Å². The quantitative estimate of drug-likeness (QED) is 0.114. The Morgan fingerprint density at radius 3 is 1.06 bits per heavy atom. The SMILES string of the molecule is CCCCCCCCCCCCCCCCCCCCCCCCCC(O)C(=O)OC. The minimum absolute atomic E-state index is 0.501. The highest BCUT2D eigenvalue weighted by Gasteiger charge is 2.13. The third-order valence-electron chi connectivity index (χ3n) is 6.55. The van der Waals surface area contributed by atoms with E-state index in [1.165, 1.54) is 142 Å². The minimum Gasteiger partial charge on any atom is -0.467 e. The van der Waals surface area contributed by atoms with Crippen molar-refractivity contribution in [2.45, 2.75) is 167 Å². The molecule has 0 saturated heterocycles. The molecule has 0 aliphatic heterocycles. The van der Waals surface area contributed by atoms with Crippen LogP contribution in [0.15, 0.2) is 0 Å². The molecule has 0 heterocycles. The molecule has 0 aliphatic carbocycles. The topological polar surface area (TPSA) is 46.5 Å². The molecular weight excluding hydrogens is 384 g/mol. The Morgan fingerprint density at radius 2 is 0.806 bits per heavy atom. The number of methoxy groups -OCH3 is 1. The van der Waals surface area contributed by atoms with Gasteiger partial charge in [0.15, 0.2) is 6.10 Å². The fourth-order valence-electron chi connectivity index (χ4n) is 4.38. The van der Waals surface area contributed by atoms with Crippen molar-refractivity contribution < 1.29 is 14.6 Å². The van der Waals surface area contributed by atoms with E-state index in [2.05, 4.69) is 11.7 Å². The van der Waals surface area contributed by atoms with Crippen LogP contribution >= 0.6 is 0 Å². The molecule has 0 bridgehead atoms. The van der Waals surface area contributed by atoms with Gasteiger partial charge in [-0.15, -0.1) is 0 Å². The van der Waals surface area contributed by atoms with E-state index < -0.39 is 12.1 Å². The number of rotatable bonds is 25. The molecule has 0 spiro atoms. The Labute approximate surface area is 195 Å². The van der Waals surface area contributed by atoms with Gasteiger partial charge in [-0.25, -0.2) is 4.79 Å². The molecule has 0 aliphatic rings. The van der Waals surface area contributed by atoms with Gasteiger partial charge in [0.25, 0.3) is 0 Å². The second-order valence-electron chi connectivity index (χ2n) is 9.61. The second-order valence-corrected chi connectivity index (χ2v) is 9.61. The molecule has 0 aromatic rings. The van der Waals surface area contributed by atoms with Gasteiger partial charge in [0.05, 0.1) is 7.11 Å². The smallest absolute Gasteiger partial charge is 0.334 e. The number of unbranched alkanes of at least 4 members (excludes halogenated alkanes) is 22. The van der Waals surface area contributed by atoms with E-state index in [4.69, 9.17) is 0 Å². The second kappa shape index (κ2) is 25.7. The molecule has 3 heteroatoms. The van der Waals surface area contributed by atoms with Gasteiger partial charge in [0.2, 0.25) is 0 Å². The summed E-state index contributed by atoms with van der Waals surface area (Å²) >= 11 is 0. The first-order valence-corrected chi connectivity index (χ1v) is 14.0. The van der Waals surface area contributed by atoms with Crippen molar-refractivity contribution in [3.63, 3.8) is 0 Å². The Morgan fingerprint density at radius 1 is 0.548 bits per heavy atom. The maximum atomic E-state index is 11.1. The van der Waals surface area contributed by atoms with Gasteiger partial charge in [-0.2, -0.15) is 0 Å². The van der Waals surface area contributed by atoms with Crippen LogP contribution in [0.3, 0.4) is 0 Å². The number of esters is 1. The molecule has 0 fully saturated rings. The lowest BCUT2D eigenvalue weighted by atomic mass is 10.0. The number of ether oxygens (including phenoxy) is 1. The number of hydrogen-bond donors (Lipinski definition) is 1. The molecule has 0 rings (SSSR count). The predicted molar refractivity (Wildman–Crippen MR) is 135 cm³/mol. The fourth-order valence-corrected chi connectivity index (χ4v) is 4.38. The summed E-state index contributed by atoms with van der Waals surface area (Å²) in [6, 6.07) is 0. The summed E-state index contributed by atoms with van der Waals surface area (Å²) < 4.78 is 4.53. The van der Waals surface area contributed by atoms with Crippen LogP contribution in [0.25, 0.3) is 0 Å². The lowest BCUT2D eigenvalue weighted by molar-refractivity contribution is -0.150. The highest BCUT2D eigenvalue weighted by molar-refractivity contribution is 5.74. The van der Waals surface area contributed by atoms with Crippen molar-refractivity contribution in [3.05, 3.63) is 0 Å². The van der Waals surface area contributed by atoms with Crippen molar-refractivity contribution in [2.24, 2.45) is 0 Å². The van der Waals surface area contributed by atoms with Crippen LogP contribution in [0.2, 0.25) is 0 Å². The lowest BCUT2D eigenvalue weighted by Gasteiger charge is -2.07. The molecule has 0 saturated carbocycles. The van der Waals surface area contributed by atoms with Crippen LogP contribution in [-0.2, 0) is 9.53 Å². The molecule has 1 atom stereocenters. The zero-order valence-corrected chi connectivity index (χ0v) is 21.3. The molecule has 31 heavy (non-hydrogen) atoms. The molecular formula is C28H56O3. The van der Waals surface area contributed by atoms with Crippen molar-refractivity contribution in [1.29, 1.82) is 0 Å². The maximum Gasteiger partial charge on any atom is 0.334 e. The highest BCUT2D eigenvalue weighted by atomic mass is 16.5. The zero-order chi connectivity index (χ0) is 22.8. The first kappa shape index (κ1) is 30.4. The van der Waals surface area contributed by atoms with Crippen LogP contribution in [0, 0.1) is 0 Å². The van der Waals surface area contributed by atoms with Crippen molar-refractivity contribution in [2.75, 3.05) is 7.11 Å². The van der Waals surface area contributed by atoms with Gasteiger partial charge in [0.1, 0.15) is 0 Å². The Hall–Kier alpha value is -0.570. The molecule has 186 valence electrons. The largest absolute Gasteiger partial charge is 0.467 e. The van der Waals surface area contributed by atoms with E-state index in [1.54, 1.807) is 0 Å². The molecule has 3 nitrogen and oxygen atoms in total. The number of aliphatic hydroxyl groups is 1. The van der Waals surface area contributed by atoms with Gasteiger partial charge < -0.3 is 9.84 Å². The standard InChI is InChI=1S/C28H56O3/c1-3-4-5-6-7-8-9-10-11-12-13-14-15-16-17-18-19-20-21-22-23-24-25-26-27(29)28(30)31-2/h27,29H,3-26H2,1-2H3. The molecule has 0 aromatic carbocycles. The summed E-state index contributed by atoms with van der Waals surface area (Å²) in [5.41, 5.74) is 0. The van der Waals surface area contributed by atoms with Crippen molar-refractivity contribution >= 4 is 5.97 Å². The van der Waals surface area contributed by atoms with Crippen LogP contribution in [0.5, 0.6) is 0 Å². The maximum absolute atomic E-state index is 11.1. The molecule has 0 radical (unpaired) electrons. The fraction of sp³-hybridized carbons (Fsp3) is 0.964. The third kappa shape index (κ3) is 23.9. The van der Waals surface area contributed by atoms with Gasteiger partial charge in [0, 0.05) is 0 Å². The van der Waals surface area contributed by atoms with Crippen molar-refractivity contribution in [1.82, 2.24) is 0 Å². The summed E-state index contributed by atoms with van der Waals surface area (Å²) in [6.07, 6.45) is 31.3. The molecule has 1 unspecified atom stereocenters. The Balaban J connectivity index is 3.07. The first-order valence-electron chi connectivity index (χ1n) is 14.0. The van der Waals surface area contributed by atoms with Crippen LogP contribution in [0.1, 0.15) is 161 Å². The van der Waals surface area contributed by atoms with Gasteiger partial charge in [-0.3, -0.25) is 0 Å². The number of hydrogen-bond acceptors (Lipinski definition) is 3. The van der Waals surface area contributed by atoms with Crippen LogP contribution in [0.4, 0.5) is 0 Å². The summed E-state index contributed by atoms with van der Waals surface area (Å²) in [6.45, 7) is 2.29. The molecule has 0 aromatic heterocycles. The first-order chi connectivity index (χ1) is 15.2. The summed E-state index contributed by atoms with van der Waals surface area (Å²) in [7, 11) is 1.32. The predicted octanol–water partition coefficient (Wildman–Crippen LogP) is 8.90. The zero-order valence-electron chi connectivity index (χ0n) is 21.3. The van der Waals surface area contributed by atoms with E-state index in [9.17, 15) is 9.90 Å². The summed E-state index contributed by atoms with van der Waals surface area (Å²) in [5.74, 6) is -0.501. The van der Waals surface area contributed by atoms with E-state index in [0.717, 1.165) is 12.8 Å². The monoisotopic (exact) mass is 440 g/mol. The minimum atomic E-state index is -0.931. The summed E-state index contributed by atoms with van der Waals surface area (Å²) in [5, 5.41) is 9.51. The molecule has 1 N–H and O–H groups in total. The third-order valence-corrected chi connectivity index (χ3v) is 6.55. The summed E-state index contributed by atoms with van der Waals surface area (Å²) in [4.78, 5) is 11.1.